The van der Waals surface area contributed by atoms with Gasteiger partial charge in [-0.25, -0.2) is 9.97 Å². The molecule has 0 aliphatic heterocycles. The molecule has 0 aliphatic carbocycles. The Morgan fingerprint density at radius 1 is 1.27 bits per heavy atom. The van der Waals surface area contributed by atoms with Crippen LogP contribution in [-0.2, 0) is 6.42 Å². The summed E-state index contributed by atoms with van der Waals surface area (Å²) in [4.78, 5) is 11.1. The van der Waals surface area contributed by atoms with Gasteiger partial charge in [0, 0.05) is 32.6 Å². The lowest BCUT2D eigenvalue weighted by molar-refractivity contribution is 0.872. The highest BCUT2D eigenvalue weighted by Gasteiger charge is 2.11. The summed E-state index contributed by atoms with van der Waals surface area (Å²) < 4.78 is 0. The molecule has 1 aromatic rings. The van der Waals surface area contributed by atoms with Crippen LogP contribution in [-0.4, -0.2) is 30.6 Å². The highest BCUT2D eigenvalue weighted by atomic mass is 15.2. The molecule has 0 unspecified atom stereocenters. The molecule has 4 heteroatoms. The summed E-state index contributed by atoms with van der Waals surface area (Å²) in [6, 6.07) is 0. The predicted octanol–water partition coefficient (Wildman–Crippen LogP) is 1.85. The minimum atomic E-state index is 0.861. The molecule has 0 saturated heterocycles. The average molecular weight is 208 g/mol. The number of hydrogen-bond acceptors (Lipinski definition) is 4. The lowest BCUT2D eigenvalue weighted by atomic mass is 10.2. The number of nitrogens with one attached hydrogen (secondary N) is 1. The number of hydrogen-bond donors (Lipinski definition) is 1. The van der Waals surface area contributed by atoms with Gasteiger partial charge in [-0.15, -0.1) is 0 Å². The average Bonchev–Trinajstić information content (AvgIpc) is 2.28. The van der Waals surface area contributed by atoms with E-state index < -0.39 is 0 Å². The van der Waals surface area contributed by atoms with Gasteiger partial charge in [0.2, 0.25) is 0 Å². The molecule has 1 N–H and O–H groups in total. The molecule has 0 spiro atoms. The van der Waals surface area contributed by atoms with E-state index in [2.05, 4.69) is 34.0 Å². The molecule has 0 atom stereocenters. The second kappa shape index (κ2) is 4.96. The van der Waals surface area contributed by atoms with Crippen LogP contribution in [0, 0.1) is 6.92 Å². The van der Waals surface area contributed by atoms with Crippen LogP contribution in [0.1, 0.15) is 25.2 Å². The van der Waals surface area contributed by atoms with E-state index >= 15 is 0 Å². The van der Waals surface area contributed by atoms with Crippen LogP contribution in [0.15, 0.2) is 0 Å². The second-order valence-electron chi connectivity index (χ2n) is 3.55. The van der Waals surface area contributed by atoms with Crippen LogP contribution in [0.2, 0.25) is 0 Å². The first kappa shape index (κ1) is 11.8. The predicted molar refractivity (Wildman–Crippen MR) is 64.6 cm³/mol. The van der Waals surface area contributed by atoms with E-state index in [-0.39, 0.29) is 0 Å². The minimum Gasteiger partial charge on any atom is -0.373 e. The first-order valence-electron chi connectivity index (χ1n) is 5.40. The Labute approximate surface area is 91.7 Å². The van der Waals surface area contributed by atoms with Crippen molar-refractivity contribution in [1.29, 1.82) is 0 Å². The Bertz CT molecular complexity index is 336. The third kappa shape index (κ3) is 2.37. The molecule has 15 heavy (non-hydrogen) atoms. The van der Waals surface area contributed by atoms with Gasteiger partial charge in [-0.05, 0) is 13.8 Å². The van der Waals surface area contributed by atoms with Crippen molar-refractivity contribution in [2.45, 2.75) is 27.2 Å². The molecule has 1 aromatic heterocycles. The molecule has 84 valence electrons. The smallest absolute Gasteiger partial charge is 0.137 e. The lowest BCUT2D eigenvalue weighted by Gasteiger charge is -2.20. The normalized spacial score (nSPS) is 10.2. The van der Waals surface area contributed by atoms with E-state index in [4.69, 9.17) is 0 Å². The molecule has 0 radical (unpaired) electrons. The molecule has 1 rings (SSSR count). The third-order valence-electron chi connectivity index (χ3n) is 2.56. The maximum atomic E-state index is 4.54. The Kier molecular flexibility index (Phi) is 3.88. The fraction of sp³-hybridized carbons (Fsp3) is 0.636. The van der Waals surface area contributed by atoms with Crippen molar-refractivity contribution in [3.8, 4) is 0 Å². The Morgan fingerprint density at radius 3 is 2.40 bits per heavy atom. The number of anilines is 2. The third-order valence-corrected chi connectivity index (χ3v) is 2.56. The zero-order valence-electron chi connectivity index (χ0n) is 10.3. The van der Waals surface area contributed by atoms with E-state index in [0.717, 1.165) is 36.0 Å². The molecule has 4 nitrogen and oxygen atoms in total. The molecular weight excluding hydrogens is 188 g/mol. The molecule has 0 aliphatic rings. The maximum absolute atomic E-state index is 4.54. The summed E-state index contributed by atoms with van der Waals surface area (Å²) in [5, 5.41) is 3.11. The number of rotatable bonds is 4. The summed E-state index contributed by atoms with van der Waals surface area (Å²) in [5.41, 5.74) is 1.11. The van der Waals surface area contributed by atoms with E-state index in [1.807, 2.05) is 21.0 Å². The number of aryl methyl sites for hydroxylation is 1. The SMILES string of the molecule is CCc1nc(NC)c(C)c(N(C)CC)n1. The lowest BCUT2D eigenvalue weighted by Crippen LogP contribution is -2.20. The first-order valence-corrected chi connectivity index (χ1v) is 5.40. The second-order valence-corrected chi connectivity index (χ2v) is 3.55. The Hall–Kier alpha value is -1.32. The van der Waals surface area contributed by atoms with Crippen molar-refractivity contribution in [3.05, 3.63) is 11.4 Å². The number of aromatic nitrogens is 2. The van der Waals surface area contributed by atoms with E-state index in [1.54, 1.807) is 0 Å². The van der Waals surface area contributed by atoms with E-state index in [1.165, 1.54) is 0 Å². The summed E-state index contributed by atoms with van der Waals surface area (Å²) in [7, 11) is 3.94. The molecule has 1 heterocycles. The molecule has 0 fully saturated rings. The summed E-state index contributed by atoms with van der Waals surface area (Å²) in [6.07, 6.45) is 0.861. The largest absolute Gasteiger partial charge is 0.373 e. The molecule has 0 saturated carbocycles. The molecule has 0 bridgehead atoms. The highest BCUT2D eigenvalue weighted by molar-refractivity contribution is 5.58. The van der Waals surface area contributed by atoms with Gasteiger partial charge < -0.3 is 10.2 Å². The topological polar surface area (TPSA) is 41.1 Å². The van der Waals surface area contributed by atoms with Crippen molar-refractivity contribution in [2.24, 2.45) is 0 Å². The van der Waals surface area contributed by atoms with Crippen LogP contribution in [0.4, 0.5) is 11.6 Å². The first-order chi connectivity index (χ1) is 7.13. The van der Waals surface area contributed by atoms with E-state index in [0.29, 0.717) is 0 Å². The highest BCUT2D eigenvalue weighted by Crippen LogP contribution is 2.22. The van der Waals surface area contributed by atoms with Crippen LogP contribution in [0.5, 0.6) is 0 Å². The molecule has 0 amide bonds. The van der Waals surface area contributed by atoms with Gasteiger partial charge in [0.05, 0.1) is 0 Å². The van der Waals surface area contributed by atoms with Gasteiger partial charge in [0.15, 0.2) is 0 Å². The van der Waals surface area contributed by atoms with Crippen molar-refractivity contribution in [2.75, 3.05) is 30.9 Å². The van der Waals surface area contributed by atoms with Crippen LogP contribution in [0.3, 0.4) is 0 Å². The zero-order valence-corrected chi connectivity index (χ0v) is 10.3. The van der Waals surface area contributed by atoms with Crippen molar-refractivity contribution < 1.29 is 0 Å². The van der Waals surface area contributed by atoms with Crippen LogP contribution in [0.25, 0.3) is 0 Å². The fourth-order valence-corrected chi connectivity index (χ4v) is 1.47. The molecule has 0 aromatic carbocycles. The van der Waals surface area contributed by atoms with Crippen LogP contribution >= 0.6 is 0 Å². The van der Waals surface area contributed by atoms with Gasteiger partial charge in [-0.3, -0.25) is 0 Å². The summed E-state index contributed by atoms with van der Waals surface area (Å²) in [6.45, 7) is 7.18. The number of nitrogens with zero attached hydrogens (tertiary/aromatic N) is 3. The summed E-state index contributed by atoms with van der Waals surface area (Å²) in [5.74, 6) is 2.84. The zero-order chi connectivity index (χ0) is 11.4. The van der Waals surface area contributed by atoms with Gasteiger partial charge >= 0.3 is 0 Å². The van der Waals surface area contributed by atoms with Gasteiger partial charge in [0.1, 0.15) is 17.5 Å². The fourth-order valence-electron chi connectivity index (χ4n) is 1.47. The monoisotopic (exact) mass is 208 g/mol. The van der Waals surface area contributed by atoms with Gasteiger partial charge in [0.25, 0.3) is 0 Å². The van der Waals surface area contributed by atoms with Crippen molar-refractivity contribution >= 4 is 11.6 Å². The van der Waals surface area contributed by atoms with Crippen molar-refractivity contribution in [1.82, 2.24) is 9.97 Å². The van der Waals surface area contributed by atoms with Crippen LogP contribution < -0.4 is 10.2 Å². The Morgan fingerprint density at radius 2 is 1.93 bits per heavy atom. The standard InChI is InChI=1S/C11H20N4/c1-6-9-13-10(12-4)8(3)11(14-9)15(5)7-2/h6-7H2,1-5H3,(H,12,13,14). The van der Waals surface area contributed by atoms with Gasteiger partial charge in [-0.1, -0.05) is 6.92 Å². The van der Waals surface area contributed by atoms with E-state index in [9.17, 15) is 0 Å². The quantitative estimate of drug-likeness (QED) is 0.819. The minimum absolute atomic E-state index is 0.861. The molecular formula is C11H20N4. The van der Waals surface area contributed by atoms with Gasteiger partial charge in [-0.2, -0.15) is 0 Å². The maximum Gasteiger partial charge on any atom is 0.137 e. The van der Waals surface area contributed by atoms with Crippen molar-refractivity contribution in [3.63, 3.8) is 0 Å². The summed E-state index contributed by atoms with van der Waals surface area (Å²) >= 11 is 0. The Balaban J connectivity index is 3.23.